The normalized spacial score (nSPS) is 19.1. The Morgan fingerprint density at radius 2 is 1.85 bits per heavy atom. The number of anilines is 1. The Morgan fingerprint density at radius 1 is 1.20 bits per heavy atom. The van der Waals surface area contributed by atoms with E-state index < -0.39 is 17.5 Å². The number of rotatable bonds is 4. The minimum atomic E-state index is -1.41. The lowest BCUT2D eigenvalue weighted by Gasteiger charge is -2.34. The highest BCUT2D eigenvalue weighted by molar-refractivity contribution is 5.46. The molecular weight excluding hydrogens is 265 g/mol. The van der Waals surface area contributed by atoms with Crippen LogP contribution < -0.4 is 5.32 Å². The zero-order valence-electron chi connectivity index (χ0n) is 11.9. The zero-order valence-corrected chi connectivity index (χ0v) is 11.9. The predicted molar refractivity (Wildman–Crippen MR) is 74.2 cm³/mol. The Morgan fingerprint density at radius 3 is 2.45 bits per heavy atom. The number of nitrogens with one attached hydrogen (secondary N) is 1. The maximum atomic E-state index is 13.6. The number of likely N-dealkylation sites (tertiary alicyclic amines) is 1. The van der Waals surface area contributed by atoms with Crippen molar-refractivity contribution < 1.29 is 13.2 Å². The second-order valence-electron chi connectivity index (χ2n) is 5.43. The summed E-state index contributed by atoms with van der Waals surface area (Å²) < 4.78 is 39.7. The lowest BCUT2D eigenvalue weighted by atomic mass is 9.90. The molecule has 1 fully saturated rings. The van der Waals surface area contributed by atoms with Crippen LogP contribution in [-0.4, -0.2) is 30.6 Å². The molecule has 2 nitrogen and oxygen atoms in total. The van der Waals surface area contributed by atoms with Crippen LogP contribution >= 0.6 is 0 Å². The summed E-state index contributed by atoms with van der Waals surface area (Å²) in [6.45, 7) is 7.22. The predicted octanol–water partition coefficient (Wildman–Crippen LogP) is 3.64. The lowest BCUT2D eigenvalue weighted by molar-refractivity contribution is 0.183. The van der Waals surface area contributed by atoms with E-state index in [0.717, 1.165) is 38.5 Å². The summed E-state index contributed by atoms with van der Waals surface area (Å²) in [4.78, 5) is 2.38. The first-order valence-electron chi connectivity index (χ1n) is 7.15. The summed E-state index contributed by atoms with van der Waals surface area (Å²) in [7, 11) is 0. The van der Waals surface area contributed by atoms with Gasteiger partial charge in [-0.25, -0.2) is 13.2 Å². The monoisotopic (exact) mass is 286 g/mol. The van der Waals surface area contributed by atoms with Gasteiger partial charge in [-0.3, -0.25) is 0 Å². The van der Waals surface area contributed by atoms with E-state index in [2.05, 4.69) is 17.1 Å². The molecule has 1 aliphatic rings. The molecule has 0 saturated carbocycles. The largest absolute Gasteiger partial charge is 0.380 e. The first kappa shape index (κ1) is 15.2. The van der Waals surface area contributed by atoms with Crippen molar-refractivity contribution >= 4 is 5.69 Å². The van der Waals surface area contributed by atoms with Crippen LogP contribution in [0.4, 0.5) is 18.9 Å². The topological polar surface area (TPSA) is 15.3 Å². The quantitative estimate of drug-likeness (QED) is 0.850. The van der Waals surface area contributed by atoms with E-state index in [1.165, 1.54) is 6.07 Å². The molecule has 1 atom stereocenters. The number of hydrogen-bond donors (Lipinski definition) is 1. The Kier molecular flexibility index (Phi) is 4.91. The van der Waals surface area contributed by atoms with E-state index in [-0.39, 0.29) is 11.7 Å². The SMILES string of the molecule is CCN1CCC(C(C)Nc2ccc(F)c(F)c2F)CC1. The molecule has 0 radical (unpaired) electrons. The molecule has 5 heteroatoms. The van der Waals surface area contributed by atoms with Crippen molar-refractivity contribution in [3.63, 3.8) is 0 Å². The van der Waals surface area contributed by atoms with Gasteiger partial charge in [0.2, 0.25) is 0 Å². The fourth-order valence-electron chi connectivity index (χ4n) is 2.77. The molecule has 20 heavy (non-hydrogen) atoms. The molecule has 2 rings (SSSR count). The van der Waals surface area contributed by atoms with Crippen LogP contribution in [0.15, 0.2) is 12.1 Å². The maximum absolute atomic E-state index is 13.6. The van der Waals surface area contributed by atoms with Crippen molar-refractivity contribution in [1.29, 1.82) is 0 Å². The molecule has 1 N–H and O–H groups in total. The van der Waals surface area contributed by atoms with E-state index in [0.29, 0.717) is 5.92 Å². The Bertz CT molecular complexity index is 457. The van der Waals surface area contributed by atoms with Gasteiger partial charge in [0, 0.05) is 6.04 Å². The molecule has 0 amide bonds. The van der Waals surface area contributed by atoms with Crippen LogP contribution in [0.2, 0.25) is 0 Å². The van der Waals surface area contributed by atoms with E-state index >= 15 is 0 Å². The number of benzene rings is 1. The van der Waals surface area contributed by atoms with Gasteiger partial charge in [0.05, 0.1) is 5.69 Å². The van der Waals surface area contributed by atoms with E-state index in [1.54, 1.807) is 0 Å². The molecule has 1 saturated heterocycles. The van der Waals surface area contributed by atoms with Crippen molar-refractivity contribution in [3.8, 4) is 0 Å². The Balaban J connectivity index is 1.98. The number of piperidine rings is 1. The molecular formula is C15H21F3N2. The van der Waals surface area contributed by atoms with Crippen LogP contribution in [0.1, 0.15) is 26.7 Å². The smallest absolute Gasteiger partial charge is 0.196 e. The lowest BCUT2D eigenvalue weighted by Crippen LogP contribution is -2.39. The molecule has 0 spiro atoms. The van der Waals surface area contributed by atoms with Gasteiger partial charge in [0.1, 0.15) is 0 Å². The van der Waals surface area contributed by atoms with Gasteiger partial charge in [-0.1, -0.05) is 6.92 Å². The van der Waals surface area contributed by atoms with Gasteiger partial charge in [0.15, 0.2) is 17.5 Å². The molecule has 0 aliphatic carbocycles. The highest BCUT2D eigenvalue weighted by Gasteiger charge is 2.24. The third-order valence-electron chi connectivity index (χ3n) is 4.20. The third kappa shape index (κ3) is 3.26. The van der Waals surface area contributed by atoms with Crippen molar-refractivity contribution in [2.24, 2.45) is 5.92 Å². The first-order valence-corrected chi connectivity index (χ1v) is 7.15. The van der Waals surface area contributed by atoms with Crippen molar-refractivity contribution in [1.82, 2.24) is 4.90 Å². The molecule has 1 aliphatic heterocycles. The average molecular weight is 286 g/mol. The maximum Gasteiger partial charge on any atom is 0.196 e. The van der Waals surface area contributed by atoms with Crippen LogP contribution in [-0.2, 0) is 0 Å². The standard InChI is InChI=1S/C15H21F3N2/c1-3-20-8-6-11(7-9-20)10(2)19-13-5-4-12(16)14(17)15(13)18/h4-5,10-11,19H,3,6-9H2,1-2H3. The van der Waals surface area contributed by atoms with Crippen molar-refractivity contribution in [3.05, 3.63) is 29.6 Å². The molecule has 1 aromatic rings. The summed E-state index contributed by atoms with van der Waals surface area (Å²) in [5.74, 6) is -3.28. The number of hydrogen-bond acceptors (Lipinski definition) is 2. The highest BCUT2D eigenvalue weighted by Crippen LogP contribution is 2.25. The van der Waals surface area contributed by atoms with Gasteiger partial charge in [-0.15, -0.1) is 0 Å². The van der Waals surface area contributed by atoms with E-state index in [9.17, 15) is 13.2 Å². The summed E-state index contributed by atoms with van der Waals surface area (Å²) >= 11 is 0. The summed E-state index contributed by atoms with van der Waals surface area (Å²) in [6.07, 6.45) is 2.07. The fourth-order valence-corrected chi connectivity index (χ4v) is 2.77. The van der Waals surface area contributed by atoms with Crippen molar-refractivity contribution in [2.45, 2.75) is 32.7 Å². The molecule has 0 bridgehead atoms. The zero-order chi connectivity index (χ0) is 14.7. The minimum Gasteiger partial charge on any atom is -0.380 e. The summed E-state index contributed by atoms with van der Waals surface area (Å²) in [5.41, 5.74) is 0.0364. The van der Waals surface area contributed by atoms with Gasteiger partial charge in [-0.05, 0) is 57.5 Å². The summed E-state index contributed by atoms with van der Waals surface area (Å²) in [6, 6.07) is 2.24. The second-order valence-corrected chi connectivity index (χ2v) is 5.43. The van der Waals surface area contributed by atoms with E-state index in [1.807, 2.05) is 6.92 Å². The Labute approximate surface area is 118 Å². The van der Waals surface area contributed by atoms with Gasteiger partial charge in [-0.2, -0.15) is 0 Å². The fraction of sp³-hybridized carbons (Fsp3) is 0.600. The molecule has 1 unspecified atom stereocenters. The van der Waals surface area contributed by atoms with Crippen LogP contribution in [0.3, 0.4) is 0 Å². The number of halogens is 3. The third-order valence-corrected chi connectivity index (χ3v) is 4.20. The molecule has 0 aromatic heterocycles. The van der Waals surface area contributed by atoms with Crippen LogP contribution in [0, 0.1) is 23.4 Å². The second kappa shape index (κ2) is 6.48. The molecule has 1 heterocycles. The minimum absolute atomic E-state index is 0.0355. The molecule has 1 aromatic carbocycles. The van der Waals surface area contributed by atoms with Crippen LogP contribution in [0.25, 0.3) is 0 Å². The molecule has 112 valence electrons. The highest BCUT2D eigenvalue weighted by atomic mass is 19.2. The van der Waals surface area contributed by atoms with Crippen molar-refractivity contribution in [2.75, 3.05) is 25.0 Å². The summed E-state index contributed by atoms with van der Waals surface area (Å²) in [5, 5.41) is 2.98. The van der Waals surface area contributed by atoms with Gasteiger partial charge in [0.25, 0.3) is 0 Å². The van der Waals surface area contributed by atoms with Gasteiger partial charge < -0.3 is 10.2 Å². The van der Waals surface area contributed by atoms with Crippen LogP contribution in [0.5, 0.6) is 0 Å². The number of nitrogens with zero attached hydrogens (tertiary/aromatic N) is 1. The average Bonchev–Trinajstić information content (AvgIpc) is 2.48. The van der Waals surface area contributed by atoms with Gasteiger partial charge >= 0.3 is 0 Å². The van der Waals surface area contributed by atoms with E-state index in [4.69, 9.17) is 0 Å². The Hall–Kier alpha value is -1.23. The first-order chi connectivity index (χ1) is 9.52.